The van der Waals surface area contributed by atoms with E-state index in [1.807, 2.05) is 0 Å². The van der Waals surface area contributed by atoms with Gasteiger partial charge in [-0.05, 0) is 29.8 Å². The molecule has 8 heteroatoms. The molecule has 27 heavy (non-hydrogen) atoms. The molecule has 1 amide bonds. The fraction of sp³-hybridized carbons (Fsp3) is 0.158. The summed E-state index contributed by atoms with van der Waals surface area (Å²) in [5, 5.41) is 2.60. The third kappa shape index (κ3) is 3.93. The number of nitrogens with one attached hydrogen (secondary N) is 1. The molecule has 1 N–H and O–H groups in total. The number of ether oxygens (including phenoxy) is 1. The van der Waals surface area contributed by atoms with Gasteiger partial charge < -0.3 is 14.6 Å². The summed E-state index contributed by atoms with van der Waals surface area (Å²) in [5.74, 6) is -1.70. The molecule has 0 bridgehead atoms. The molecule has 3 aromatic rings. The van der Waals surface area contributed by atoms with Crippen molar-refractivity contribution in [3.8, 4) is 5.75 Å². The number of benzene rings is 2. The summed E-state index contributed by atoms with van der Waals surface area (Å²) in [6.45, 7) is 0. The molecule has 0 aliphatic rings. The van der Waals surface area contributed by atoms with Gasteiger partial charge >= 0.3 is 0 Å². The number of rotatable bonds is 5. The van der Waals surface area contributed by atoms with E-state index in [2.05, 4.69) is 10.3 Å². The number of halogens is 3. The number of hydrogen-bond acceptors (Lipinski definition) is 3. The Bertz CT molecular complexity index is 974. The van der Waals surface area contributed by atoms with Crippen LogP contribution in [-0.2, 0) is 7.05 Å². The van der Waals surface area contributed by atoms with Gasteiger partial charge in [-0.15, -0.1) is 0 Å². The van der Waals surface area contributed by atoms with Crippen molar-refractivity contribution < 1.29 is 18.3 Å². The molecule has 0 fully saturated rings. The van der Waals surface area contributed by atoms with Gasteiger partial charge in [0.05, 0.1) is 17.7 Å². The van der Waals surface area contributed by atoms with Crippen LogP contribution in [0.2, 0.25) is 5.02 Å². The Hall–Kier alpha value is -2.93. The summed E-state index contributed by atoms with van der Waals surface area (Å²) in [6, 6.07) is 7.99. The number of hydrogen-bond donors (Lipinski definition) is 1. The normalized spacial score (nSPS) is 11.9. The molecule has 0 radical (unpaired) electrons. The summed E-state index contributed by atoms with van der Waals surface area (Å²) in [4.78, 5) is 17.0. The Kier molecular flexibility index (Phi) is 5.41. The lowest BCUT2D eigenvalue weighted by molar-refractivity contribution is 0.0940. The van der Waals surface area contributed by atoms with E-state index in [1.165, 1.54) is 0 Å². The second-order valence-corrected chi connectivity index (χ2v) is 6.23. The van der Waals surface area contributed by atoms with E-state index in [0.717, 1.165) is 17.7 Å². The Balaban J connectivity index is 1.97. The average Bonchev–Trinajstić information content (AvgIpc) is 3.08. The zero-order chi connectivity index (χ0) is 19.6. The first-order valence-corrected chi connectivity index (χ1v) is 8.35. The number of carbonyl (C=O) groups is 1. The van der Waals surface area contributed by atoms with Crippen LogP contribution in [0, 0.1) is 11.6 Å². The predicted octanol–water partition coefficient (Wildman–Crippen LogP) is 3.88. The third-order valence-electron chi connectivity index (χ3n) is 4.10. The average molecular weight is 392 g/mol. The van der Waals surface area contributed by atoms with Gasteiger partial charge in [-0.1, -0.05) is 23.7 Å². The van der Waals surface area contributed by atoms with Crippen LogP contribution < -0.4 is 10.1 Å². The molecule has 1 heterocycles. The number of imidazole rings is 1. The highest BCUT2D eigenvalue weighted by atomic mass is 35.5. The van der Waals surface area contributed by atoms with Crippen LogP contribution in [0.3, 0.4) is 0 Å². The van der Waals surface area contributed by atoms with Gasteiger partial charge in [0, 0.05) is 19.4 Å². The molecule has 5 nitrogen and oxygen atoms in total. The first kappa shape index (κ1) is 18.8. The van der Waals surface area contributed by atoms with Gasteiger partial charge in [0.25, 0.3) is 5.91 Å². The number of nitrogens with zero attached hydrogens (tertiary/aromatic N) is 2. The smallest absolute Gasteiger partial charge is 0.253 e. The summed E-state index contributed by atoms with van der Waals surface area (Å²) >= 11 is 5.92. The maximum Gasteiger partial charge on any atom is 0.253 e. The van der Waals surface area contributed by atoms with Crippen LogP contribution in [0.4, 0.5) is 8.78 Å². The first-order valence-electron chi connectivity index (χ1n) is 7.97. The summed E-state index contributed by atoms with van der Waals surface area (Å²) in [7, 11) is 3.34. The lowest BCUT2D eigenvalue weighted by Gasteiger charge is -2.20. The third-order valence-corrected chi connectivity index (χ3v) is 4.41. The number of methoxy groups -OCH3 is 1. The minimum Gasteiger partial charge on any atom is -0.497 e. The quantitative estimate of drug-likeness (QED) is 0.671. The molecule has 0 aliphatic heterocycles. The van der Waals surface area contributed by atoms with Crippen LogP contribution in [-0.4, -0.2) is 22.6 Å². The monoisotopic (exact) mass is 391 g/mol. The molecule has 0 saturated heterocycles. The first-order chi connectivity index (χ1) is 12.9. The number of carbonyl (C=O) groups excluding carboxylic acids is 1. The summed E-state index contributed by atoms with van der Waals surface area (Å²) < 4.78 is 33.7. The second kappa shape index (κ2) is 7.75. The Morgan fingerprint density at radius 2 is 1.89 bits per heavy atom. The van der Waals surface area contributed by atoms with Crippen LogP contribution in [0.5, 0.6) is 5.75 Å². The molecule has 0 saturated carbocycles. The molecule has 1 unspecified atom stereocenters. The van der Waals surface area contributed by atoms with Gasteiger partial charge in [0.2, 0.25) is 0 Å². The lowest BCUT2D eigenvalue weighted by Crippen LogP contribution is -2.31. The van der Waals surface area contributed by atoms with Crippen LogP contribution >= 0.6 is 11.6 Å². The van der Waals surface area contributed by atoms with Crippen molar-refractivity contribution in [1.29, 1.82) is 0 Å². The molecular formula is C19H16ClF2N3O2. The maximum atomic E-state index is 13.6. The van der Waals surface area contributed by atoms with Gasteiger partial charge in [0.1, 0.15) is 17.6 Å². The lowest BCUT2D eigenvalue weighted by atomic mass is 10.0. The molecule has 1 atom stereocenters. The van der Waals surface area contributed by atoms with Crippen molar-refractivity contribution in [3.05, 3.63) is 82.4 Å². The standard InChI is InChI=1S/C19H16ClF2N3O2/c1-25-8-7-23-18(25)17(11-3-5-12(27-2)6-4-11)24-19(26)13-9-15(21)16(22)10-14(13)20/h3-10,17H,1-2H3,(H,24,26). The number of aromatic nitrogens is 2. The van der Waals surface area contributed by atoms with E-state index in [9.17, 15) is 13.6 Å². The fourth-order valence-electron chi connectivity index (χ4n) is 2.65. The highest BCUT2D eigenvalue weighted by Crippen LogP contribution is 2.25. The van der Waals surface area contributed by atoms with Crippen molar-refractivity contribution in [2.24, 2.45) is 7.05 Å². The van der Waals surface area contributed by atoms with Crippen molar-refractivity contribution >= 4 is 17.5 Å². The molecule has 0 spiro atoms. The van der Waals surface area contributed by atoms with Gasteiger partial charge in [-0.3, -0.25) is 4.79 Å². The van der Waals surface area contributed by atoms with E-state index in [4.69, 9.17) is 16.3 Å². The van der Waals surface area contributed by atoms with Gasteiger partial charge in [-0.2, -0.15) is 0 Å². The highest BCUT2D eigenvalue weighted by molar-refractivity contribution is 6.33. The molecule has 0 aliphatic carbocycles. The molecule has 3 rings (SSSR count). The van der Waals surface area contributed by atoms with Crippen LogP contribution in [0.15, 0.2) is 48.8 Å². The van der Waals surface area contributed by atoms with E-state index in [0.29, 0.717) is 11.6 Å². The minimum absolute atomic E-state index is 0.164. The van der Waals surface area contributed by atoms with Crippen molar-refractivity contribution in [2.45, 2.75) is 6.04 Å². The van der Waals surface area contributed by atoms with E-state index >= 15 is 0 Å². The molecule has 2 aromatic carbocycles. The molecular weight excluding hydrogens is 376 g/mol. The van der Waals surface area contributed by atoms with Gasteiger partial charge in [0.15, 0.2) is 11.6 Å². The number of amides is 1. The Labute approximate surface area is 159 Å². The largest absolute Gasteiger partial charge is 0.497 e. The Morgan fingerprint density at radius 1 is 1.22 bits per heavy atom. The van der Waals surface area contributed by atoms with Crippen LogP contribution in [0.25, 0.3) is 0 Å². The predicted molar refractivity (Wildman–Crippen MR) is 96.9 cm³/mol. The zero-order valence-corrected chi connectivity index (χ0v) is 15.3. The highest BCUT2D eigenvalue weighted by Gasteiger charge is 2.23. The number of aryl methyl sites for hydroxylation is 1. The summed E-state index contributed by atoms with van der Waals surface area (Å²) in [6.07, 6.45) is 3.34. The second-order valence-electron chi connectivity index (χ2n) is 5.82. The molecule has 140 valence electrons. The SMILES string of the molecule is COc1ccc(C(NC(=O)c2cc(F)c(F)cc2Cl)c2nccn2C)cc1. The van der Waals surface area contributed by atoms with Gasteiger partial charge in [-0.25, -0.2) is 13.8 Å². The van der Waals surface area contributed by atoms with E-state index in [-0.39, 0.29) is 10.6 Å². The van der Waals surface area contributed by atoms with E-state index < -0.39 is 23.6 Å². The zero-order valence-electron chi connectivity index (χ0n) is 14.5. The van der Waals surface area contributed by atoms with Crippen molar-refractivity contribution in [2.75, 3.05) is 7.11 Å². The maximum absolute atomic E-state index is 13.6. The van der Waals surface area contributed by atoms with Crippen molar-refractivity contribution in [3.63, 3.8) is 0 Å². The fourth-order valence-corrected chi connectivity index (χ4v) is 2.89. The summed E-state index contributed by atoms with van der Waals surface area (Å²) in [5.41, 5.74) is 0.570. The molecule has 1 aromatic heterocycles. The topological polar surface area (TPSA) is 56.1 Å². The van der Waals surface area contributed by atoms with Crippen LogP contribution in [0.1, 0.15) is 27.8 Å². The van der Waals surface area contributed by atoms with Crippen molar-refractivity contribution in [1.82, 2.24) is 14.9 Å². The Morgan fingerprint density at radius 3 is 2.48 bits per heavy atom. The van der Waals surface area contributed by atoms with E-state index in [1.54, 1.807) is 55.4 Å². The minimum atomic E-state index is -1.15.